The van der Waals surface area contributed by atoms with Crippen LogP contribution in [0.4, 0.5) is 0 Å². The summed E-state index contributed by atoms with van der Waals surface area (Å²) in [6.45, 7) is 4.21. The first-order valence-electron chi connectivity index (χ1n) is 5.45. The minimum Gasteiger partial charge on any atom is -0.480 e. The molecule has 1 atom stereocenters. The molecule has 1 unspecified atom stereocenters. The summed E-state index contributed by atoms with van der Waals surface area (Å²) in [5.74, 6) is -0.806. The van der Waals surface area contributed by atoms with Gasteiger partial charge in [-0.05, 0) is 19.4 Å². The molecule has 1 heterocycles. The summed E-state index contributed by atoms with van der Waals surface area (Å²) >= 11 is 0. The highest BCUT2D eigenvalue weighted by molar-refractivity contribution is 5.78. The molecule has 0 saturated heterocycles. The molecule has 2 N–H and O–H groups in total. The Morgan fingerprint density at radius 2 is 2.38 bits per heavy atom. The molecule has 0 aliphatic carbocycles. The van der Waals surface area contributed by atoms with Gasteiger partial charge in [-0.15, -0.1) is 0 Å². The van der Waals surface area contributed by atoms with Crippen LogP contribution < -0.4 is 5.32 Å². The summed E-state index contributed by atoms with van der Waals surface area (Å²) < 4.78 is 1.80. The van der Waals surface area contributed by atoms with Crippen molar-refractivity contribution in [2.24, 2.45) is 7.05 Å². The zero-order valence-electron chi connectivity index (χ0n) is 10.0. The van der Waals surface area contributed by atoms with E-state index in [-0.39, 0.29) is 0 Å². The number of aromatic nitrogens is 2. The van der Waals surface area contributed by atoms with Crippen LogP contribution in [0, 0.1) is 0 Å². The van der Waals surface area contributed by atoms with Gasteiger partial charge in [-0.25, -0.2) is 0 Å². The molecular weight excluding hydrogens is 206 g/mol. The summed E-state index contributed by atoms with van der Waals surface area (Å²) in [6.07, 6.45) is 3.08. The smallest absolute Gasteiger partial charge is 0.323 e. The summed E-state index contributed by atoms with van der Waals surface area (Å²) in [5, 5.41) is 16.2. The fourth-order valence-electron chi connectivity index (χ4n) is 1.46. The molecule has 1 aromatic heterocycles. The molecule has 0 aliphatic rings. The van der Waals surface area contributed by atoms with Crippen molar-refractivity contribution in [1.29, 1.82) is 0 Å². The Bertz CT molecular complexity index is 362. The average Bonchev–Trinajstić information content (AvgIpc) is 2.64. The predicted molar refractivity (Wildman–Crippen MR) is 61.2 cm³/mol. The van der Waals surface area contributed by atoms with Crippen LogP contribution >= 0.6 is 0 Å². The van der Waals surface area contributed by atoms with Crippen molar-refractivity contribution in [1.82, 2.24) is 15.1 Å². The van der Waals surface area contributed by atoms with Crippen LogP contribution in [0.1, 0.15) is 26.0 Å². The molecule has 0 radical (unpaired) electrons. The van der Waals surface area contributed by atoms with Gasteiger partial charge >= 0.3 is 5.97 Å². The quantitative estimate of drug-likeness (QED) is 0.751. The van der Waals surface area contributed by atoms with E-state index in [2.05, 4.69) is 10.4 Å². The molecule has 1 aromatic rings. The van der Waals surface area contributed by atoms with Crippen molar-refractivity contribution in [2.75, 3.05) is 6.54 Å². The van der Waals surface area contributed by atoms with Crippen molar-refractivity contribution < 1.29 is 9.90 Å². The van der Waals surface area contributed by atoms with E-state index in [4.69, 9.17) is 5.11 Å². The van der Waals surface area contributed by atoms with Crippen LogP contribution in [0.2, 0.25) is 0 Å². The maximum absolute atomic E-state index is 11.0. The van der Waals surface area contributed by atoms with E-state index in [0.717, 1.165) is 12.1 Å². The minimum absolute atomic E-state index is 0.563. The van der Waals surface area contributed by atoms with Crippen LogP contribution in [-0.2, 0) is 18.3 Å². The molecular formula is C11H19N3O2. The molecule has 0 spiro atoms. The van der Waals surface area contributed by atoms with Crippen molar-refractivity contribution in [3.63, 3.8) is 0 Å². The van der Waals surface area contributed by atoms with Crippen LogP contribution in [0.5, 0.6) is 0 Å². The van der Waals surface area contributed by atoms with Gasteiger partial charge in [0, 0.05) is 31.9 Å². The Morgan fingerprint density at radius 3 is 2.81 bits per heavy atom. The fourth-order valence-corrected chi connectivity index (χ4v) is 1.46. The maximum atomic E-state index is 11.0. The first-order valence-corrected chi connectivity index (χ1v) is 5.45. The van der Waals surface area contributed by atoms with Gasteiger partial charge in [-0.1, -0.05) is 6.92 Å². The number of nitrogens with zero attached hydrogens (tertiary/aromatic N) is 2. The van der Waals surface area contributed by atoms with E-state index in [1.54, 1.807) is 17.8 Å². The zero-order chi connectivity index (χ0) is 12.2. The second-order valence-electron chi connectivity index (χ2n) is 4.11. The van der Waals surface area contributed by atoms with Gasteiger partial charge in [0.15, 0.2) is 0 Å². The zero-order valence-corrected chi connectivity index (χ0v) is 10.0. The lowest BCUT2D eigenvalue weighted by atomic mass is 9.99. The second-order valence-corrected chi connectivity index (χ2v) is 4.11. The van der Waals surface area contributed by atoms with Gasteiger partial charge in [0.1, 0.15) is 5.54 Å². The highest BCUT2D eigenvalue weighted by Crippen LogP contribution is 2.09. The normalized spacial score (nSPS) is 14.7. The van der Waals surface area contributed by atoms with Crippen molar-refractivity contribution in [2.45, 2.75) is 32.2 Å². The number of hydrogen-bond donors (Lipinski definition) is 2. The molecule has 0 aliphatic heterocycles. The van der Waals surface area contributed by atoms with Crippen LogP contribution in [-0.4, -0.2) is 32.9 Å². The lowest BCUT2D eigenvalue weighted by molar-refractivity contribution is -0.144. The number of carboxylic acid groups (broad SMARTS) is 1. The summed E-state index contributed by atoms with van der Waals surface area (Å²) in [4.78, 5) is 11.0. The van der Waals surface area contributed by atoms with E-state index < -0.39 is 11.5 Å². The van der Waals surface area contributed by atoms with E-state index in [9.17, 15) is 4.79 Å². The number of aryl methyl sites for hydroxylation is 1. The number of aliphatic carboxylic acids is 1. The lowest BCUT2D eigenvalue weighted by Crippen LogP contribution is -2.49. The number of carboxylic acids is 1. The van der Waals surface area contributed by atoms with Gasteiger partial charge in [0.2, 0.25) is 0 Å². The number of hydrogen-bond acceptors (Lipinski definition) is 3. The van der Waals surface area contributed by atoms with Crippen molar-refractivity contribution >= 4 is 5.97 Å². The maximum Gasteiger partial charge on any atom is 0.323 e. The third kappa shape index (κ3) is 2.82. The Hall–Kier alpha value is -1.36. The average molecular weight is 225 g/mol. The van der Waals surface area contributed by atoms with Crippen LogP contribution in [0.3, 0.4) is 0 Å². The van der Waals surface area contributed by atoms with E-state index in [1.165, 1.54) is 0 Å². The monoisotopic (exact) mass is 225 g/mol. The third-order valence-electron chi connectivity index (χ3n) is 3.00. The van der Waals surface area contributed by atoms with Gasteiger partial charge in [-0.2, -0.15) is 5.10 Å². The number of carbonyl (C=O) groups is 1. The van der Waals surface area contributed by atoms with E-state index in [0.29, 0.717) is 13.0 Å². The van der Waals surface area contributed by atoms with Crippen molar-refractivity contribution in [3.8, 4) is 0 Å². The molecule has 16 heavy (non-hydrogen) atoms. The highest BCUT2D eigenvalue weighted by atomic mass is 16.4. The highest BCUT2D eigenvalue weighted by Gasteiger charge is 2.29. The van der Waals surface area contributed by atoms with E-state index >= 15 is 0 Å². The molecule has 0 aromatic carbocycles. The van der Waals surface area contributed by atoms with Gasteiger partial charge in [0.05, 0.1) is 0 Å². The van der Waals surface area contributed by atoms with Crippen LogP contribution in [0.15, 0.2) is 12.3 Å². The number of rotatable bonds is 6. The molecule has 5 heteroatoms. The minimum atomic E-state index is -0.835. The van der Waals surface area contributed by atoms with E-state index in [1.807, 2.05) is 20.0 Å². The Balaban J connectivity index is 2.46. The summed E-state index contributed by atoms with van der Waals surface area (Å²) in [7, 11) is 1.88. The molecule has 0 saturated carbocycles. The Morgan fingerprint density at radius 1 is 1.69 bits per heavy atom. The van der Waals surface area contributed by atoms with Gasteiger partial charge < -0.3 is 10.4 Å². The first kappa shape index (κ1) is 12.7. The molecule has 0 amide bonds. The topological polar surface area (TPSA) is 67.2 Å². The molecule has 1 rings (SSSR count). The largest absolute Gasteiger partial charge is 0.480 e. The second kappa shape index (κ2) is 5.12. The van der Waals surface area contributed by atoms with Gasteiger partial charge in [0.25, 0.3) is 0 Å². The van der Waals surface area contributed by atoms with Crippen molar-refractivity contribution in [3.05, 3.63) is 18.0 Å². The molecule has 90 valence electrons. The molecule has 0 fully saturated rings. The summed E-state index contributed by atoms with van der Waals surface area (Å²) in [5.41, 5.74) is 0.259. The predicted octanol–water partition coefficient (Wildman–Crippen LogP) is 0.805. The third-order valence-corrected chi connectivity index (χ3v) is 3.00. The summed E-state index contributed by atoms with van der Waals surface area (Å²) in [6, 6.07) is 1.94. The first-order chi connectivity index (χ1) is 7.49. The lowest BCUT2D eigenvalue weighted by Gasteiger charge is -2.24. The SMILES string of the molecule is CCC(C)(NCCc1ccnn1C)C(=O)O. The fraction of sp³-hybridized carbons (Fsp3) is 0.636. The number of nitrogens with one attached hydrogen (secondary N) is 1. The van der Waals surface area contributed by atoms with Crippen LogP contribution in [0.25, 0.3) is 0 Å². The standard InChI is InChI=1S/C11H19N3O2/c1-4-11(2,10(15)16)12-7-5-9-6-8-13-14(9)3/h6,8,12H,4-5,7H2,1-3H3,(H,15,16). The van der Waals surface area contributed by atoms with Gasteiger partial charge in [-0.3, -0.25) is 9.48 Å². The molecule has 0 bridgehead atoms. The Labute approximate surface area is 95.5 Å². The molecule has 5 nitrogen and oxygen atoms in total. The Kier molecular flexibility index (Phi) is 4.06.